The van der Waals surface area contributed by atoms with Crippen LogP contribution in [0.1, 0.15) is 40.7 Å². The van der Waals surface area contributed by atoms with Crippen molar-refractivity contribution in [3.8, 4) is 11.5 Å². The van der Waals surface area contributed by atoms with E-state index < -0.39 is 5.60 Å². The number of methoxy groups -OCH3 is 2. The lowest BCUT2D eigenvalue weighted by molar-refractivity contribution is -0.0283. The van der Waals surface area contributed by atoms with Gasteiger partial charge in [0.05, 0.1) is 19.8 Å². The number of hydrogen-bond donors (Lipinski definition) is 1. The van der Waals surface area contributed by atoms with Gasteiger partial charge in [0, 0.05) is 36.1 Å². The number of aryl methyl sites for hydroxylation is 1. The van der Waals surface area contributed by atoms with E-state index in [9.17, 15) is 9.90 Å². The van der Waals surface area contributed by atoms with Gasteiger partial charge in [0.1, 0.15) is 0 Å². The summed E-state index contributed by atoms with van der Waals surface area (Å²) in [6, 6.07) is 11.2. The van der Waals surface area contributed by atoms with Gasteiger partial charge in [-0.2, -0.15) is 0 Å². The van der Waals surface area contributed by atoms with Crippen LogP contribution in [0.5, 0.6) is 11.5 Å². The number of benzene rings is 2. The summed E-state index contributed by atoms with van der Waals surface area (Å²) in [4.78, 5) is 15.5. The van der Waals surface area contributed by atoms with Gasteiger partial charge in [0.15, 0.2) is 17.3 Å². The van der Waals surface area contributed by atoms with E-state index >= 15 is 0 Å². The molecule has 0 spiro atoms. The van der Waals surface area contributed by atoms with E-state index in [2.05, 4.69) is 4.90 Å². The number of carbonyl (C=O) groups excluding carboxylic acids is 1. The molecule has 0 aromatic heterocycles. The quantitative estimate of drug-likeness (QED) is 0.775. The maximum Gasteiger partial charge on any atom is 0.167 e. The lowest BCUT2D eigenvalue weighted by Gasteiger charge is -2.40. The van der Waals surface area contributed by atoms with Crippen molar-refractivity contribution in [1.82, 2.24) is 4.90 Å². The second-order valence-corrected chi connectivity index (χ2v) is 8.74. The van der Waals surface area contributed by atoms with E-state index in [0.29, 0.717) is 29.4 Å². The molecule has 30 heavy (non-hydrogen) atoms. The second kappa shape index (κ2) is 8.58. The maximum absolute atomic E-state index is 13.2. The highest BCUT2D eigenvalue weighted by molar-refractivity contribution is 6.30. The Balaban J connectivity index is 1.41. The maximum atomic E-state index is 13.2. The van der Waals surface area contributed by atoms with Crippen molar-refractivity contribution < 1.29 is 19.4 Å². The number of hydrogen-bond acceptors (Lipinski definition) is 5. The Hall–Kier alpha value is -2.08. The Morgan fingerprint density at radius 2 is 1.73 bits per heavy atom. The molecule has 1 N–H and O–H groups in total. The number of fused-ring (bicyclic) bond motifs is 1. The Kier molecular flexibility index (Phi) is 6.05. The second-order valence-electron chi connectivity index (χ2n) is 8.30. The van der Waals surface area contributed by atoms with E-state index in [-0.39, 0.29) is 11.7 Å². The first kappa shape index (κ1) is 21.2. The molecule has 2 aromatic rings. The van der Waals surface area contributed by atoms with Gasteiger partial charge < -0.3 is 19.5 Å². The molecule has 0 bridgehead atoms. The number of ether oxygens (including phenoxy) is 2. The smallest absolute Gasteiger partial charge is 0.167 e. The van der Waals surface area contributed by atoms with E-state index in [0.717, 1.165) is 49.2 Å². The Morgan fingerprint density at radius 1 is 1.10 bits per heavy atom. The minimum absolute atomic E-state index is 0.0303. The molecule has 1 saturated heterocycles. The van der Waals surface area contributed by atoms with Gasteiger partial charge in [-0.05, 0) is 61.1 Å². The number of Topliss-reactive ketones (excluding diaryl/α,β-unsaturated/α-hetero) is 1. The van der Waals surface area contributed by atoms with Crippen molar-refractivity contribution in [2.75, 3.05) is 33.9 Å². The minimum Gasteiger partial charge on any atom is -0.493 e. The molecule has 2 aromatic carbocycles. The topological polar surface area (TPSA) is 59.0 Å². The molecule has 0 radical (unpaired) electrons. The zero-order valence-electron chi connectivity index (χ0n) is 17.5. The summed E-state index contributed by atoms with van der Waals surface area (Å²) < 4.78 is 10.8. The van der Waals surface area contributed by atoms with Crippen LogP contribution in [0.2, 0.25) is 5.02 Å². The van der Waals surface area contributed by atoms with Crippen LogP contribution in [-0.2, 0) is 12.0 Å². The third-order valence-corrected chi connectivity index (χ3v) is 6.80. The van der Waals surface area contributed by atoms with Gasteiger partial charge in [-0.25, -0.2) is 0 Å². The van der Waals surface area contributed by atoms with Crippen molar-refractivity contribution in [1.29, 1.82) is 0 Å². The molecular weight excluding hydrogens is 402 g/mol. The molecular formula is C24H28ClNO4. The van der Waals surface area contributed by atoms with Crippen LogP contribution in [0.3, 0.4) is 0 Å². The summed E-state index contributed by atoms with van der Waals surface area (Å²) in [5.41, 5.74) is 1.87. The summed E-state index contributed by atoms with van der Waals surface area (Å²) in [5.74, 6) is 1.41. The van der Waals surface area contributed by atoms with Crippen LogP contribution in [0, 0.1) is 5.92 Å². The fourth-order valence-electron chi connectivity index (χ4n) is 4.68. The van der Waals surface area contributed by atoms with E-state index in [1.54, 1.807) is 14.2 Å². The van der Waals surface area contributed by atoms with Gasteiger partial charge in [-0.15, -0.1) is 0 Å². The van der Waals surface area contributed by atoms with Gasteiger partial charge in [-0.1, -0.05) is 23.7 Å². The number of likely N-dealkylation sites (tertiary alicyclic amines) is 1. The summed E-state index contributed by atoms with van der Waals surface area (Å²) in [6.45, 7) is 2.26. The number of carbonyl (C=O) groups is 1. The van der Waals surface area contributed by atoms with Crippen molar-refractivity contribution in [2.45, 2.75) is 31.3 Å². The summed E-state index contributed by atoms with van der Waals surface area (Å²) >= 11 is 5.98. The third kappa shape index (κ3) is 4.07. The zero-order chi connectivity index (χ0) is 21.3. The van der Waals surface area contributed by atoms with E-state index in [1.807, 2.05) is 36.4 Å². The van der Waals surface area contributed by atoms with Crippen molar-refractivity contribution in [3.05, 3.63) is 58.1 Å². The molecule has 6 heteroatoms. The van der Waals surface area contributed by atoms with Crippen LogP contribution in [0.25, 0.3) is 0 Å². The van der Waals surface area contributed by atoms with Crippen LogP contribution in [-0.4, -0.2) is 49.6 Å². The van der Waals surface area contributed by atoms with Crippen LogP contribution >= 0.6 is 11.6 Å². The highest BCUT2D eigenvalue weighted by atomic mass is 35.5. The fourth-order valence-corrected chi connectivity index (χ4v) is 4.80. The first-order valence-electron chi connectivity index (χ1n) is 10.4. The van der Waals surface area contributed by atoms with Crippen LogP contribution in [0.15, 0.2) is 36.4 Å². The van der Waals surface area contributed by atoms with Crippen molar-refractivity contribution >= 4 is 17.4 Å². The number of nitrogens with zero attached hydrogens (tertiary/aromatic N) is 1. The lowest BCUT2D eigenvalue weighted by Crippen LogP contribution is -2.45. The molecule has 0 saturated carbocycles. The standard InChI is InChI=1S/C24H28ClNO4/c1-29-21-13-16-3-4-17(23(27)20(16)14-22(21)30-2)15-26-11-9-24(28,10-12-26)18-5-7-19(25)8-6-18/h5-8,13-14,17,28H,3-4,9-12,15H2,1-2H3. The molecule has 2 aliphatic rings. The third-order valence-electron chi connectivity index (χ3n) is 6.55. The van der Waals surface area contributed by atoms with Gasteiger partial charge in [-0.3, -0.25) is 4.79 Å². The number of aliphatic hydroxyl groups is 1. The van der Waals surface area contributed by atoms with Crippen LogP contribution < -0.4 is 9.47 Å². The number of rotatable bonds is 5. The predicted octanol–water partition coefficient (Wildman–Crippen LogP) is 4.09. The molecule has 160 valence electrons. The molecule has 5 nitrogen and oxygen atoms in total. The van der Waals surface area contributed by atoms with Crippen LogP contribution in [0.4, 0.5) is 0 Å². The fraction of sp³-hybridized carbons (Fsp3) is 0.458. The average Bonchev–Trinajstić information content (AvgIpc) is 2.77. The Labute approximate surface area is 182 Å². The first-order chi connectivity index (χ1) is 14.4. The van der Waals surface area contributed by atoms with Gasteiger partial charge in [0.2, 0.25) is 0 Å². The normalized spacial score (nSPS) is 21.2. The SMILES string of the molecule is COc1cc2c(cc1OC)C(=O)C(CN1CCC(O)(c3ccc(Cl)cc3)CC1)CC2. The number of ketones is 1. The lowest BCUT2D eigenvalue weighted by atomic mass is 9.80. The summed E-state index contributed by atoms with van der Waals surface area (Å²) in [6.07, 6.45) is 2.99. The molecule has 0 amide bonds. The molecule has 1 heterocycles. The summed E-state index contributed by atoms with van der Waals surface area (Å²) in [5, 5.41) is 11.8. The van der Waals surface area contributed by atoms with Crippen molar-refractivity contribution in [2.24, 2.45) is 5.92 Å². The molecule has 1 fully saturated rings. The average molecular weight is 430 g/mol. The Morgan fingerprint density at radius 3 is 2.37 bits per heavy atom. The van der Waals surface area contributed by atoms with Gasteiger partial charge >= 0.3 is 0 Å². The monoisotopic (exact) mass is 429 g/mol. The highest BCUT2D eigenvalue weighted by Crippen LogP contribution is 2.37. The van der Waals surface area contributed by atoms with E-state index in [4.69, 9.17) is 21.1 Å². The highest BCUT2D eigenvalue weighted by Gasteiger charge is 2.36. The molecule has 4 rings (SSSR count). The summed E-state index contributed by atoms with van der Waals surface area (Å²) in [7, 11) is 3.20. The minimum atomic E-state index is -0.825. The van der Waals surface area contributed by atoms with Gasteiger partial charge in [0.25, 0.3) is 0 Å². The first-order valence-corrected chi connectivity index (χ1v) is 10.8. The number of piperidine rings is 1. The van der Waals surface area contributed by atoms with Crippen molar-refractivity contribution in [3.63, 3.8) is 0 Å². The Bertz CT molecular complexity index is 920. The largest absolute Gasteiger partial charge is 0.493 e. The predicted molar refractivity (Wildman–Crippen MR) is 117 cm³/mol. The molecule has 1 aliphatic heterocycles. The molecule has 1 atom stereocenters. The molecule has 1 unspecified atom stereocenters. The number of halogens is 1. The zero-order valence-corrected chi connectivity index (χ0v) is 18.2. The molecule has 1 aliphatic carbocycles. The van der Waals surface area contributed by atoms with E-state index in [1.165, 1.54) is 0 Å².